The van der Waals surface area contributed by atoms with Gasteiger partial charge in [-0.3, -0.25) is 4.79 Å². The first-order valence-corrected chi connectivity index (χ1v) is 7.78. The lowest BCUT2D eigenvalue weighted by Gasteiger charge is -2.18. The predicted molar refractivity (Wildman–Crippen MR) is 88.1 cm³/mol. The molecule has 0 heterocycles. The molecule has 0 atom stereocenters. The van der Waals surface area contributed by atoms with E-state index in [9.17, 15) is 4.79 Å². The summed E-state index contributed by atoms with van der Waals surface area (Å²) in [4.78, 5) is 12.2. The first-order chi connectivity index (χ1) is 10.3. The summed E-state index contributed by atoms with van der Waals surface area (Å²) in [6.07, 6.45) is 3.71. The number of rotatable bonds is 1. The van der Waals surface area contributed by atoms with Gasteiger partial charge in [0.25, 0.3) is 0 Å². The van der Waals surface area contributed by atoms with Gasteiger partial charge in [0.15, 0.2) is 5.78 Å². The third-order valence-corrected chi connectivity index (χ3v) is 4.70. The van der Waals surface area contributed by atoms with Crippen molar-refractivity contribution in [2.75, 3.05) is 0 Å². The molecule has 4 rings (SSSR count). The molecular formula is C20H18O. The van der Waals surface area contributed by atoms with Crippen LogP contribution in [0.3, 0.4) is 0 Å². The van der Waals surface area contributed by atoms with Crippen LogP contribution in [0.1, 0.15) is 41.3 Å². The topological polar surface area (TPSA) is 17.1 Å². The van der Waals surface area contributed by atoms with Crippen molar-refractivity contribution in [3.05, 3.63) is 59.2 Å². The first-order valence-electron chi connectivity index (χ1n) is 7.78. The fraction of sp³-hybridized carbons (Fsp3) is 0.250. The largest absolute Gasteiger partial charge is 0.294 e. The van der Waals surface area contributed by atoms with Crippen LogP contribution in [0.2, 0.25) is 0 Å². The van der Waals surface area contributed by atoms with Crippen LogP contribution in [0.4, 0.5) is 0 Å². The van der Waals surface area contributed by atoms with Crippen molar-refractivity contribution in [1.82, 2.24) is 0 Å². The maximum absolute atomic E-state index is 12.2. The highest BCUT2D eigenvalue weighted by Crippen LogP contribution is 2.33. The average molecular weight is 274 g/mol. The smallest absolute Gasteiger partial charge is 0.163 e. The lowest BCUT2D eigenvalue weighted by Crippen LogP contribution is -2.10. The van der Waals surface area contributed by atoms with Crippen LogP contribution in [-0.4, -0.2) is 5.78 Å². The highest BCUT2D eigenvalue weighted by atomic mass is 16.1. The maximum Gasteiger partial charge on any atom is 0.163 e. The van der Waals surface area contributed by atoms with Crippen molar-refractivity contribution in [1.29, 1.82) is 0 Å². The fourth-order valence-corrected chi connectivity index (χ4v) is 3.60. The summed E-state index contributed by atoms with van der Waals surface area (Å²) in [5.74, 6) is 0.313. The Labute approximate surface area is 124 Å². The van der Waals surface area contributed by atoms with Gasteiger partial charge in [-0.25, -0.2) is 0 Å². The zero-order chi connectivity index (χ0) is 14.4. The number of benzene rings is 3. The number of Topliss-reactive ketones (excluding diaryl/α,β-unsaturated/α-hetero) is 1. The van der Waals surface area contributed by atoms with Crippen LogP contribution in [0, 0.1) is 0 Å². The molecule has 3 aromatic rings. The van der Waals surface area contributed by atoms with Gasteiger partial charge in [-0.05, 0) is 64.1 Å². The third kappa shape index (κ3) is 1.88. The molecule has 1 aliphatic carbocycles. The molecule has 0 aliphatic heterocycles. The van der Waals surface area contributed by atoms with E-state index in [2.05, 4.69) is 49.4 Å². The number of hydrogen-bond acceptors (Lipinski definition) is 1. The van der Waals surface area contributed by atoms with Gasteiger partial charge in [-0.15, -0.1) is 0 Å². The third-order valence-electron chi connectivity index (χ3n) is 4.70. The van der Waals surface area contributed by atoms with Gasteiger partial charge in [0.05, 0.1) is 0 Å². The molecule has 104 valence electrons. The van der Waals surface area contributed by atoms with Crippen LogP contribution >= 0.6 is 0 Å². The van der Waals surface area contributed by atoms with E-state index in [4.69, 9.17) is 0 Å². The molecule has 1 heteroatoms. The van der Waals surface area contributed by atoms with Crippen molar-refractivity contribution in [3.8, 4) is 0 Å². The Morgan fingerprint density at radius 1 is 0.952 bits per heavy atom. The number of aryl methyl sites for hydroxylation is 2. The van der Waals surface area contributed by atoms with Crippen molar-refractivity contribution in [3.63, 3.8) is 0 Å². The number of ketones is 1. The van der Waals surface area contributed by atoms with Crippen LogP contribution in [0.25, 0.3) is 21.5 Å². The van der Waals surface area contributed by atoms with Gasteiger partial charge >= 0.3 is 0 Å². The molecule has 0 amide bonds. The average Bonchev–Trinajstić information content (AvgIpc) is 2.53. The van der Waals surface area contributed by atoms with Crippen molar-refractivity contribution in [2.45, 2.75) is 32.6 Å². The second-order valence-corrected chi connectivity index (χ2v) is 5.94. The van der Waals surface area contributed by atoms with E-state index in [1.165, 1.54) is 32.7 Å². The maximum atomic E-state index is 12.2. The van der Waals surface area contributed by atoms with Gasteiger partial charge < -0.3 is 0 Å². The number of hydrogen-bond donors (Lipinski definition) is 0. The molecule has 0 saturated heterocycles. The molecular weight excluding hydrogens is 256 g/mol. The lowest BCUT2D eigenvalue weighted by atomic mass is 9.85. The molecule has 0 spiro atoms. The van der Waals surface area contributed by atoms with Gasteiger partial charge in [0.2, 0.25) is 0 Å². The van der Waals surface area contributed by atoms with E-state index in [0.29, 0.717) is 12.2 Å². The van der Waals surface area contributed by atoms with Crippen molar-refractivity contribution in [2.24, 2.45) is 0 Å². The molecule has 1 nitrogen and oxygen atoms in total. The Bertz CT molecular complexity index is 874. The summed E-state index contributed by atoms with van der Waals surface area (Å²) < 4.78 is 0. The van der Waals surface area contributed by atoms with Crippen LogP contribution < -0.4 is 0 Å². The summed E-state index contributed by atoms with van der Waals surface area (Å²) in [6, 6.07) is 15.2. The highest BCUT2D eigenvalue weighted by molar-refractivity contribution is 6.12. The molecule has 21 heavy (non-hydrogen) atoms. The van der Waals surface area contributed by atoms with Gasteiger partial charge in [-0.1, -0.05) is 37.3 Å². The molecule has 3 aromatic carbocycles. The van der Waals surface area contributed by atoms with Crippen LogP contribution in [0.5, 0.6) is 0 Å². The molecule has 0 bridgehead atoms. The zero-order valence-electron chi connectivity index (χ0n) is 12.3. The fourth-order valence-electron chi connectivity index (χ4n) is 3.60. The molecule has 0 aromatic heterocycles. The van der Waals surface area contributed by atoms with E-state index in [0.717, 1.165) is 24.8 Å². The SMILES string of the molecule is CCc1cc2ccccc2c2cc3c(cc12)C(=O)CCC3. The highest BCUT2D eigenvalue weighted by Gasteiger charge is 2.19. The van der Waals surface area contributed by atoms with E-state index >= 15 is 0 Å². The van der Waals surface area contributed by atoms with Gasteiger partial charge in [0, 0.05) is 12.0 Å². The van der Waals surface area contributed by atoms with Gasteiger partial charge in [0.1, 0.15) is 0 Å². The minimum atomic E-state index is 0.313. The van der Waals surface area contributed by atoms with Crippen LogP contribution in [0.15, 0.2) is 42.5 Å². The first kappa shape index (κ1) is 12.6. The second kappa shape index (κ2) is 4.70. The zero-order valence-corrected chi connectivity index (χ0v) is 12.3. The number of carbonyl (C=O) groups is 1. The van der Waals surface area contributed by atoms with E-state index < -0.39 is 0 Å². The standard InChI is InChI=1S/C20H18O/c1-2-13-10-14-6-3-4-8-16(14)19-11-15-7-5-9-20(21)18(15)12-17(13)19/h3-4,6,8,10-12H,2,5,7,9H2,1H3. The van der Waals surface area contributed by atoms with E-state index in [1.54, 1.807) is 0 Å². The molecule has 0 fully saturated rings. The Balaban J connectivity index is 2.16. The predicted octanol–water partition coefficient (Wildman–Crippen LogP) is 5.07. The molecule has 1 aliphatic rings. The summed E-state index contributed by atoms with van der Waals surface area (Å²) in [7, 11) is 0. The Morgan fingerprint density at radius 3 is 2.67 bits per heavy atom. The Hall–Kier alpha value is -2.15. The minimum absolute atomic E-state index is 0.313. The van der Waals surface area contributed by atoms with Crippen molar-refractivity contribution >= 4 is 27.3 Å². The normalized spacial score (nSPS) is 14.6. The second-order valence-electron chi connectivity index (χ2n) is 5.94. The van der Waals surface area contributed by atoms with Gasteiger partial charge in [-0.2, -0.15) is 0 Å². The Kier molecular flexibility index (Phi) is 2.81. The van der Waals surface area contributed by atoms with Crippen molar-refractivity contribution < 1.29 is 4.79 Å². The van der Waals surface area contributed by atoms with E-state index in [-0.39, 0.29) is 0 Å². The minimum Gasteiger partial charge on any atom is -0.294 e. The quantitative estimate of drug-likeness (QED) is 0.566. The van der Waals surface area contributed by atoms with Crippen LogP contribution in [-0.2, 0) is 12.8 Å². The molecule has 0 N–H and O–H groups in total. The molecule has 0 saturated carbocycles. The molecule has 0 radical (unpaired) electrons. The van der Waals surface area contributed by atoms with E-state index in [1.807, 2.05) is 0 Å². The lowest BCUT2D eigenvalue weighted by molar-refractivity contribution is 0.0972. The monoisotopic (exact) mass is 274 g/mol. The summed E-state index contributed by atoms with van der Waals surface area (Å²) in [5.41, 5.74) is 3.53. The summed E-state index contributed by atoms with van der Waals surface area (Å²) in [5, 5.41) is 5.15. The Morgan fingerprint density at radius 2 is 1.81 bits per heavy atom. The number of carbonyl (C=O) groups excluding carboxylic acids is 1. The summed E-state index contributed by atoms with van der Waals surface area (Å²) >= 11 is 0. The molecule has 0 unspecified atom stereocenters. The number of fused-ring (bicyclic) bond motifs is 4. The summed E-state index contributed by atoms with van der Waals surface area (Å²) in [6.45, 7) is 2.19.